The van der Waals surface area contributed by atoms with E-state index >= 15 is 0 Å². The van der Waals surface area contributed by atoms with Crippen molar-refractivity contribution in [3.8, 4) is 0 Å². The molecule has 0 aliphatic rings. The van der Waals surface area contributed by atoms with Crippen LogP contribution in [0, 0.1) is 0 Å². The quantitative estimate of drug-likeness (QED) is 0.0216. The number of phosphoric ester groups is 1. The van der Waals surface area contributed by atoms with Gasteiger partial charge in [-0.05, 0) is 70.6 Å². The maximum absolute atomic E-state index is 12.7. The Morgan fingerprint density at radius 2 is 1.00 bits per heavy atom. The van der Waals surface area contributed by atoms with Crippen molar-refractivity contribution in [2.75, 3.05) is 47.5 Å². The molecule has 2 atom stereocenters. The van der Waals surface area contributed by atoms with E-state index in [4.69, 9.17) is 18.5 Å². The summed E-state index contributed by atoms with van der Waals surface area (Å²) >= 11 is 0. The highest BCUT2D eigenvalue weighted by molar-refractivity contribution is 7.47. The number of nitrogens with zero attached hydrogens (tertiary/aromatic N) is 1. The molecule has 0 spiro atoms. The molecule has 0 bridgehead atoms. The number of carbonyl (C=O) groups is 2. The van der Waals surface area contributed by atoms with E-state index in [0.717, 1.165) is 77.0 Å². The Kier molecular flexibility index (Phi) is 35.6. The molecule has 0 aliphatic carbocycles. The fourth-order valence-corrected chi connectivity index (χ4v) is 6.43. The SMILES string of the molecule is CCCCCC=CCC=CCCCCCCCC(=O)O[C@H](COC(=O)CCCCCCCC=CCCCCCCCC)COP(=O)(O)OCC[N+](C)(C)C. The number of carbonyl (C=O) groups excluding carboxylic acids is 2. The van der Waals surface area contributed by atoms with Crippen molar-refractivity contribution in [3.63, 3.8) is 0 Å². The molecular weight excluding hydrogens is 701 g/mol. The molecule has 0 aromatic heterocycles. The van der Waals surface area contributed by atoms with E-state index in [2.05, 4.69) is 50.3 Å². The van der Waals surface area contributed by atoms with Gasteiger partial charge in [0.2, 0.25) is 0 Å². The monoisotopic (exact) mass is 785 g/mol. The van der Waals surface area contributed by atoms with Gasteiger partial charge in [-0.1, -0.05) is 134 Å². The van der Waals surface area contributed by atoms with Crippen LogP contribution in [0.25, 0.3) is 0 Å². The Labute approximate surface area is 331 Å². The molecule has 0 amide bonds. The smallest absolute Gasteiger partial charge is 0.462 e. The van der Waals surface area contributed by atoms with Crippen LogP contribution in [0.3, 0.4) is 0 Å². The summed E-state index contributed by atoms with van der Waals surface area (Å²) in [6.45, 7) is 4.36. The second-order valence-electron chi connectivity index (χ2n) is 15.7. The Hall–Kier alpha value is -1.77. The highest BCUT2D eigenvalue weighted by Crippen LogP contribution is 2.43. The molecule has 0 fully saturated rings. The number of quaternary nitrogens is 1. The van der Waals surface area contributed by atoms with Gasteiger partial charge >= 0.3 is 19.8 Å². The number of hydrogen-bond donors (Lipinski definition) is 1. The van der Waals surface area contributed by atoms with Crippen molar-refractivity contribution >= 4 is 19.8 Å². The fraction of sp³-hybridized carbons (Fsp3) is 0.818. The minimum absolute atomic E-state index is 0.0273. The molecule has 0 radical (unpaired) electrons. The van der Waals surface area contributed by atoms with E-state index in [1.807, 2.05) is 21.1 Å². The minimum atomic E-state index is -4.38. The second kappa shape index (κ2) is 36.8. The van der Waals surface area contributed by atoms with Crippen molar-refractivity contribution in [1.29, 1.82) is 0 Å². The van der Waals surface area contributed by atoms with Crippen LogP contribution < -0.4 is 0 Å². The van der Waals surface area contributed by atoms with Gasteiger partial charge in [0, 0.05) is 12.8 Å². The summed E-state index contributed by atoms with van der Waals surface area (Å²) in [6, 6.07) is 0. The number of phosphoric acid groups is 1. The van der Waals surface area contributed by atoms with E-state index in [1.165, 1.54) is 70.6 Å². The van der Waals surface area contributed by atoms with Gasteiger partial charge in [-0.25, -0.2) is 4.57 Å². The number of likely N-dealkylation sites (N-methyl/N-ethyl adjacent to an activating group) is 1. The lowest BCUT2D eigenvalue weighted by molar-refractivity contribution is -0.870. The first-order chi connectivity index (χ1) is 26.0. The molecule has 0 heterocycles. The molecule has 0 saturated carbocycles. The van der Waals surface area contributed by atoms with E-state index < -0.39 is 26.5 Å². The number of esters is 2. The average molecular weight is 785 g/mol. The normalized spacial score (nSPS) is 14.0. The van der Waals surface area contributed by atoms with Crippen molar-refractivity contribution in [2.45, 2.75) is 187 Å². The molecular formula is C44H83NO8P+. The lowest BCUT2D eigenvalue weighted by atomic mass is 10.1. The van der Waals surface area contributed by atoms with Crippen molar-refractivity contribution in [1.82, 2.24) is 0 Å². The first-order valence-electron chi connectivity index (χ1n) is 21.7. The van der Waals surface area contributed by atoms with Gasteiger partial charge in [0.1, 0.15) is 19.8 Å². The Morgan fingerprint density at radius 3 is 1.52 bits per heavy atom. The first-order valence-corrected chi connectivity index (χ1v) is 23.2. The highest BCUT2D eigenvalue weighted by Gasteiger charge is 2.27. The zero-order chi connectivity index (χ0) is 40.0. The average Bonchev–Trinajstić information content (AvgIpc) is 3.12. The molecule has 1 N–H and O–H groups in total. The third kappa shape index (κ3) is 39.9. The van der Waals surface area contributed by atoms with Gasteiger partial charge in [-0.15, -0.1) is 0 Å². The summed E-state index contributed by atoms with van der Waals surface area (Å²) in [6.07, 6.45) is 40.4. The molecule has 316 valence electrons. The van der Waals surface area contributed by atoms with Gasteiger partial charge < -0.3 is 18.9 Å². The molecule has 0 aromatic carbocycles. The van der Waals surface area contributed by atoms with Crippen molar-refractivity contribution in [2.24, 2.45) is 0 Å². The van der Waals surface area contributed by atoms with Crippen molar-refractivity contribution in [3.05, 3.63) is 36.5 Å². The molecule has 0 rings (SSSR count). The van der Waals surface area contributed by atoms with Crippen LogP contribution in [0.2, 0.25) is 0 Å². The molecule has 54 heavy (non-hydrogen) atoms. The van der Waals surface area contributed by atoms with E-state index in [0.29, 0.717) is 17.4 Å². The van der Waals surface area contributed by atoms with Crippen LogP contribution in [-0.4, -0.2) is 74.9 Å². The Balaban J connectivity index is 4.41. The van der Waals surface area contributed by atoms with Gasteiger partial charge in [-0.3, -0.25) is 18.6 Å². The zero-order valence-corrected chi connectivity index (χ0v) is 36.3. The van der Waals surface area contributed by atoms with Crippen LogP contribution in [0.15, 0.2) is 36.5 Å². The lowest BCUT2D eigenvalue weighted by Crippen LogP contribution is -2.37. The zero-order valence-electron chi connectivity index (χ0n) is 35.5. The van der Waals surface area contributed by atoms with Crippen LogP contribution in [0.5, 0.6) is 0 Å². The summed E-state index contributed by atoms with van der Waals surface area (Å²) in [5.74, 6) is -0.824. The van der Waals surface area contributed by atoms with Crippen LogP contribution in [-0.2, 0) is 32.7 Å². The number of rotatable bonds is 39. The molecule has 10 heteroatoms. The summed E-state index contributed by atoms with van der Waals surface area (Å²) < 4.78 is 34.3. The predicted molar refractivity (Wildman–Crippen MR) is 224 cm³/mol. The van der Waals surface area contributed by atoms with Gasteiger partial charge in [0.15, 0.2) is 6.10 Å². The van der Waals surface area contributed by atoms with Gasteiger partial charge in [-0.2, -0.15) is 0 Å². The number of allylic oxidation sites excluding steroid dienone is 6. The van der Waals surface area contributed by atoms with E-state index in [-0.39, 0.29) is 32.0 Å². The summed E-state index contributed by atoms with van der Waals surface area (Å²) in [4.78, 5) is 35.3. The minimum Gasteiger partial charge on any atom is -0.462 e. The van der Waals surface area contributed by atoms with Gasteiger partial charge in [0.05, 0.1) is 27.7 Å². The lowest BCUT2D eigenvalue weighted by Gasteiger charge is -2.24. The fourth-order valence-electron chi connectivity index (χ4n) is 5.68. The summed E-state index contributed by atoms with van der Waals surface area (Å²) in [5.41, 5.74) is 0. The summed E-state index contributed by atoms with van der Waals surface area (Å²) in [7, 11) is 1.46. The topological polar surface area (TPSA) is 108 Å². The van der Waals surface area contributed by atoms with Crippen LogP contribution in [0.4, 0.5) is 0 Å². The van der Waals surface area contributed by atoms with Gasteiger partial charge in [0.25, 0.3) is 0 Å². The first kappa shape index (κ1) is 52.2. The molecule has 0 aliphatic heterocycles. The molecule has 0 saturated heterocycles. The van der Waals surface area contributed by atoms with E-state index in [9.17, 15) is 19.0 Å². The Bertz CT molecular complexity index is 1020. The molecule has 9 nitrogen and oxygen atoms in total. The number of hydrogen-bond acceptors (Lipinski definition) is 7. The maximum atomic E-state index is 12.7. The standard InChI is InChI=1S/C44H82NO8P/c1-6-8-10-12-14-16-18-20-22-24-26-28-30-32-34-36-43(46)50-40-42(41-52-54(48,49)51-39-38-45(3,4)5)53-44(47)37-35-33-31-29-27-25-23-21-19-17-15-13-11-9-7-2/h15,17,20-23,42H,6-14,16,18-19,24-41H2,1-5H3/p+1/t42-/m1/s1. The van der Waals surface area contributed by atoms with Crippen LogP contribution >= 0.6 is 7.82 Å². The third-order valence-corrected chi connectivity index (χ3v) is 10.1. The second-order valence-corrected chi connectivity index (χ2v) is 17.2. The molecule has 0 aromatic rings. The number of unbranched alkanes of at least 4 members (excludes halogenated alkanes) is 19. The maximum Gasteiger partial charge on any atom is 0.472 e. The molecule has 1 unspecified atom stereocenters. The largest absolute Gasteiger partial charge is 0.472 e. The van der Waals surface area contributed by atoms with Crippen molar-refractivity contribution < 1.29 is 42.1 Å². The third-order valence-electron chi connectivity index (χ3n) is 9.14. The van der Waals surface area contributed by atoms with Crippen LogP contribution in [0.1, 0.15) is 181 Å². The Morgan fingerprint density at radius 1 is 0.574 bits per heavy atom. The highest BCUT2D eigenvalue weighted by atomic mass is 31.2. The summed E-state index contributed by atoms with van der Waals surface area (Å²) in [5, 5.41) is 0. The number of ether oxygens (including phenoxy) is 2. The predicted octanol–water partition coefficient (Wildman–Crippen LogP) is 12.1. The van der Waals surface area contributed by atoms with E-state index in [1.54, 1.807) is 0 Å².